The van der Waals surface area contributed by atoms with E-state index in [4.69, 9.17) is 17.4 Å². The summed E-state index contributed by atoms with van der Waals surface area (Å²) in [5.74, 6) is 6.41. The molecule has 138 valence electrons. The summed E-state index contributed by atoms with van der Waals surface area (Å²) in [7, 11) is 0. The molecule has 4 nitrogen and oxygen atoms in total. The normalized spacial score (nSPS) is 15.9. The summed E-state index contributed by atoms with van der Waals surface area (Å²) in [4.78, 5) is 19.2. The van der Waals surface area contributed by atoms with E-state index in [0.717, 1.165) is 37.6 Å². The highest BCUT2D eigenvalue weighted by atomic mass is 35.5. The molecular weight excluding hydrogens is 378 g/mol. The summed E-state index contributed by atoms with van der Waals surface area (Å²) >= 11 is 7.85. The van der Waals surface area contributed by atoms with Gasteiger partial charge < -0.3 is 5.84 Å². The van der Waals surface area contributed by atoms with Crippen LogP contribution in [0.25, 0.3) is 22.4 Å². The second kappa shape index (κ2) is 6.36. The number of nitrogens with zero attached hydrogens (tertiary/aromatic N) is 2. The van der Waals surface area contributed by atoms with Gasteiger partial charge in [0, 0.05) is 20.9 Å². The van der Waals surface area contributed by atoms with Crippen molar-refractivity contribution in [2.45, 2.75) is 32.6 Å². The standard InChI is InChI=1S/C21H20ClN3OS/c1-12-24-19-17(20(26)25(12)23)15-10-13(11-21(2,3)18(15)27-19)8-9-14-6-4-5-7-16(14)22/h4-10H,11,23H2,1-3H3/b9-8+. The first kappa shape index (κ1) is 18.0. The number of allylic oxidation sites excluding steroid dienone is 2. The number of thiophene rings is 1. The summed E-state index contributed by atoms with van der Waals surface area (Å²) in [6, 6.07) is 7.74. The number of nitrogen functional groups attached to an aromatic ring is 1. The summed E-state index contributed by atoms with van der Waals surface area (Å²) in [5.41, 5.74) is 2.78. The van der Waals surface area contributed by atoms with Crippen LogP contribution in [0.2, 0.25) is 5.02 Å². The molecule has 6 heteroatoms. The van der Waals surface area contributed by atoms with Crippen LogP contribution in [0.15, 0.2) is 40.7 Å². The van der Waals surface area contributed by atoms with Crippen LogP contribution in [0.4, 0.5) is 0 Å². The lowest BCUT2D eigenvalue weighted by Gasteiger charge is -2.29. The molecule has 0 fully saturated rings. The summed E-state index contributed by atoms with van der Waals surface area (Å²) in [6.45, 7) is 6.15. The Labute approximate surface area is 166 Å². The topological polar surface area (TPSA) is 60.9 Å². The number of nitrogens with two attached hydrogens (primary N) is 1. The summed E-state index contributed by atoms with van der Waals surface area (Å²) in [6.07, 6.45) is 7.07. The Hall–Kier alpha value is -2.37. The number of hydrogen-bond donors (Lipinski definition) is 1. The van der Waals surface area contributed by atoms with Crippen LogP contribution in [0.1, 0.15) is 42.1 Å². The average Bonchev–Trinajstić information content (AvgIpc) is 2.98. The number of benzene rings is 1. The minimum atomic E-state index is -0.196. The van der Waals surface area contributed by atoms with E-state index >= 15 is 0 Å². The number of rotatable bonds is 2. The predicted octanol–water partition coefficient (Wildman–Crippen LogP) is 4.91. The van der Waals surface area contributed by atoms with E-state index in [2.05, 4.69) is 31.0 Å². The Morgan fingerprint density at radius 2 is 2.04 bits per heavy atom. The molecule has 1 aliphatic rings. The largest absolute Gasteiger partial charge is 0.335 e. The van der Waals surface area contributed by atoms with Gasteiger partial charge in [-0.05, 0) is 36.6 Å². The Kier molecular flexibility index (Phi) is 4.24. The zero-order valence-electron chi connectivity index (χ0n) is 15.4. The Balaban J connectivity index is 1.89. The van der Waals surface area contributed by atoms with Gasteiger partial charge in [0.2, 0.25) is 0 Å². The van der Waals surface area contributed by atoms with Crippen molar-refractivity contribution >= 4 is 45.3 Å². The predicted molar refractivity (Wildman–Crippen MR) is 115 cm³/mol. The van der Waals surface area contributed by atoms with Gasteiger partial charge in [0.15, 0.2) is 0 Å². The van der Waals surface area contributed by atoms with Crippen molar-refractivity contribution in [3.05, 3.63) is 73.1 Å². The molecule has 4 rings (SSSR count). The van der Waals surface area contributed by atoms with Crippen molar-refractivity contribution < 1.29 is 0 Å². The zero-order valence-corrected chi connectivity index (χ0v) is 17.0. The Morgan fingerprint density at radius 3 is 2.78 bits per heavy atom. The molecule has 0 bridgehead atoms. The van der Waals surface area contributed by atoms with Crippen molar-refractivity contribution in [1.82, 2.24) is 9.66 Å². The fraction of sp³-hybridized carbons (Fsp3) is 0.238. The molecule has 2 aromatic heterocycles. The molecule has 0 saturated heterocycles. The number of halogens is 1. The maximum absolute atomic E-state index is 12.8. The van der Waals surface area contributed by atoms with Crippen LogP contribution in [0, 0.1) is 6.92 Å². The lowest BCUT2D eigenvalue weighted by molar-refractivity contribution is 0.531. The molecule has 0 saturated carbocycles. The van der Waals surface area contributed by atoms with Crippen molar-refractivity contribution in [2.24, 2.45) is 0 Å². The minimum Gasteiger partial charge on any atom is -0.335 e. The number of fused-ring (bicyclic) bond motifs is 3. The van der Waals surface area contributed by atoms with Gasteiger partial charge in [-0.2, -0.15) is 0 Å². The van der Waals surface area contributed by atoms with Gasteiger partial charge in [-0.3, -0.25) is 4.79 Å². The smallest absolute Gasteiger partial charge is 0.281 e. The van der Waals surface area contributed by atoms with Crippen LogP contribution in [0.5, 0.6) is 0 Å². The van der Waals surface area contributed by atoms with E-state index in [1.165, 1.54) is 4.88 Å². The second-order valence-corrected chi connectivity index (χ2v) is 8.90. The van der Waals surface area contributed by atoms with Gasteiger partial charge in [0.1, 0.15) is 10.7 Å². The van der Waals surface area contributed by atoms with E-state index in [9.17, 15) is 4.79 Å². The van der Waals surface area contributed by atoms with Gasteiger partial charge in [0.25, 0.3) is 5.56 Å². The van der Waals surface area contributed by atoms with Gasteiger partial charge in [-0.1, -0.05) is 55.8 Å². The molecule has 3 aromatic rings. The number of aryl methyl sites for hydroxylation is 1. The van der Waals surface area contributed by atoms with Crippen LogP contribution in [0.3, 0.4) is 0 Å². The molecular formula is C21H20ClN3OS. The summed E-state index contributed by atoms with van der Waals surface area (Å²) < 4.78 is 1.13. The van der Waals surface area contributed by atoms with Crippen molar-refractivity contribution in [3.63, 3.8) is 0 Å². The zero-order chi connectivity index (χ0) is 19.3. The van der Waals surface area contributed by atoms with Gasteiger partial charge in [-0.15, -0.1) is 11.3 Å². The Morgan fingerprint density at radius 1 is 1.30 bits per heavy atom. The first-order valence-electron chi connectivity index (χ1n) is 8.73. The molecule has 0 spiro atoms. The quantitative estimate of drug-likeness (QED) is 0.625. The van der Waals surface area contributed by atoms with Crippen LogP contribution in [-0.2, 0) is 5.41 Å². The monoisotopic (exact) mass is 397 g/mol. The third-order valence-corrected chi connectivity index (χ3v) is 6.75. The van der Waals surface area contributed by atoms with Gasteiger partial charge >= 0.3 is 0 Å². The minimum absolute atomic E-state index is 0.0879. The Bertz CT molecular complexity index is 1180. The lowest BCUT2D eigenvalue weighted by Crippen LogP contribution is -2.30. The third-order valence-electron chi connectivity index (χ3n) is 4.94. The molecule has 2 heterocycles. The molecule has 2 N–H and O–H groups in total. The highest BCUT2D eigenvalue weighted by Gasteiger charge is 2.32. The fourth-order valence-corrected chi connectivity index (χ4v) is 5.06. The van der Waals surface area contributed by atoms with Crippen LogP contribution < -0.4 is 11.4 Å². The van der Waals surface area contributed by atoms with Crippen LogP contribution >= 0.6 is 22.9 Å². The second-order valence-electron chi connectivity index (χ2n) is 7.49. The molecule has 0 unspecified atom stereocenters. The fourth-order valence-electron chi connectivity index (χ4n) is 3.57. The molecule has 0 aliphatic heterocycles. The first-order valence-corrected chi connectivity index (χ1v) is 9.92. The van der Waals surface area contributed by atoms with E-state index in [0.29, 0.717) is 11.2 Å². The highest BCUT2D eigenvalue weighted by molar-refractivity contribution is 7.19. The van der Waals surface area contributed by atoms with E-state index in [-0.39, 0.29) is 11.0 Å². The molecule has 27 heavy (non-hydrogen) atoms. The van der Waals surface area contributed by atoms with Gasteiger partial charge in [0.05, 0.1) is 5.39 Å². The SMILES string of the molecule is Cc1nc2sc3c(c2c(=O)n1N)C=C(/C=C/c1ccccc1Cl)CC3(C)C. The molecule has 1 aliphatic carbocycles. The number of hydrogen-bond acceptors (Lipinski definition) is 4. The van der Waals surface area contributed by atoms with Crippen molar-refractivity contribution in [1.29, 1.82) is 0 Å². The summed E-state index contributed by atoms with van der Waals surface area (Å²) in [5, 5.41) is 1.33. The third kappa shape index (κ3) is 3.01. The van der Waals surface area contributed by atoms with E-state index in [1.54, 1.807) is 18.3 Å². The maximum atomic E-state index is 12.8. The van der Waals surface area contributed by atoms with Crippen LogP contribution in [-0.4, -0.2) is 9.66 Å². The van der Waals surface area contributed by atoms with E-state index in [1.807, 2.05) is 30.3 Å². The van der Waals surface area contributed by atoms with Crippen molar-refractivity contribution in [2.75, 3.05) is 5.84 Å². The molecule has 0 atom stereocenters. The van der Waals surface area contributed by atoms with E-state index < -0.39 is 0 Å². The molecule has 0 amide bonds. The number of aromatic nitrogens is 2. The maximum Gasteiger partial charge on any atom is 0.281 e. The molecule has 1 aromatic carbocycles. The van der Waals surface area contributed by atoms with Crippen molar-refractivity contribution in [3.8, 4) is 0 Å². The highest BCUT2D eigenvalue weighted by Crippen LogP contribution is 2.45. The first-order chi connectivity index (χ1) is 12.8. The molecule has 0 radical (unpaired) electrons. The van der Waals surface area contributed by atoms with Gasteiger partial charge in [-0.25, -0.2) is 9.66 Å². The average molecular weight is 398 g/mol. The lowest BCUT2D eigenvalue weighted by atomic mass is 9.77.